The molecule has 1 aromatic rings. The summed E-state index contributed by atoms with van der Waals surface area (Å²) in [4.78, 5) is 14.3. The van der Waals surface area contributed by atoms with Crippen LogP contribution in [0.1, 0.15) is 11.1 Å². The minimum absolute atomic E-state index is 0.102. The fourth-order valence-corrected chi connectivity index (χ4v) is 2.94. The second-order valence-corrected chi connectivity index (χ2v) is 5.34. The van der Waals surface area contributed by atoms with Crippen LogP contribution in [0.4, 0.5) is 0 Å². The SMILES string of the molecule is CN(C(=O)C1CNCCO1)C1Cc2ccccc2C1. The van der Waals surface area contributed by atoms with Gasteiger partial charge in [-0.1, -0.05) is 24.3 Å². The topological polar surface area (TPSA) is 41.6 Å². The smallest absolute Gasteiger partial charge is 0.253 e. The molecule has 0 aromatic heterocycles. The molecule has 19 heavy (non-hydrogen) atoms. The number of morpholine rings is 1. The Morgan fingerprint density at radius 2 is 2.00 bits per heavy atom. The lowest BCUT2D eigenvalue weighted by molar-refractivity contribution is -0.145. The van der Waals surface area contributed by atoms with Crippen molar-refractivity contribution in [1.82, 2.24) is 10.2 Å². The van der Waals surface area contributed by atoms with Crippen LogP contribution in [-0.4, -0.2) is 49.7 Å². The maximum Gasteiger partial charge on any atom is 0.253 e. The van der Waals surface area contributed by atoms with Gasteiger partial charge in [-0.05, 0) is 24.0 Å². The molecule has 1 atom stereocenters. The minimum Gasteiger partial charge on any atom is -0.366 e. The number of hydrogen-bond acceptors (Lipinski definition) is 3. The molecule has 4 nitrogen and oxygen atoms in total. The first-order chi connectivity index (χ1) is 9.25. The lowest BCUT2D eigenvalue weighted by atomic mass is 10.1. The Balaban J connectivity index is 1.65. The first-order valence-corrected chi connectivity index (χ1v) is 6.91. The van der Waals surface area contributed by atoms with Crippen molar-refractivity contribution in [2.24, 2.45) is 0 Å². The number of amides is 1. The van der Waals surface area contributed by atoms with E-state index in [1.807, 2.05) is 11.9 Å². The fourth-order valence-electron chi connectivity index (χ4n) is 2.94. The zero-order valence-corrected chi connectivity index (χ0v) is 11.3. The molecule has 0 bridgehead atoms. The predicted molar refractivity (Wildman–Crippen MR) is 73.0 cm³/mol. The number of ether oxygens (including phenoxy) is 1. The molecule has 1 heterocycles. The molecule has 1 unspecified atom stereocenters. The van der Waals surface area contributed by atoms with Crippen molar-refractivity contribution < 1.29 is 9.53 Å². The van der Waals surface area contributed by atoms with E-state index in [0.717, 1.165) is 19.4 Å². The second-order valence-electron chi connectivity index (χ2n) is 5.34. The minimum atomic E-state index is -0.317. The van der Waals surface area contributed by atoms with Crippen molar-refractivity contribution in [3.8, 4) is 0 Å². The molecule has 3 rings (SSSR count). The summed E-state index contributed by atoms with van der Waals surface area (Å²) in [6, 6.07) is 8.72. The number of carbonyl (C=O) groups is 1. The van der Waals surface area contributed by atoms with Gasteiger partial charge in [0.2, 0.25) is 0 Å². The molecule has 0 saturated carbocycles. The van der Waals surface area contributed by atoms with Gasteiger partial charge in [-0.3, -0.25) is 4.79 Å². The molecule has 1 amide bonds. The molecule has 1 aliphatic carbocycles. The van der Waals surface area contributed by atoms with Crippen molar-refractivity contribution in [2.45, 2.75) is 25.0 Å². The van der Waals surface area contributed by atoms with Crippen LogP contribution in [0.3, 0.4) is 0 Å². The Hall–Kier alpha value is -1.39. The summed E-state index contributed by atoms with van der Waals surface area (Å²) < 4.78 is 5.54. The van der Waals surface area contributed by atoms with Gasteiger partial charge in [-0.15, -0.1) is 0 Å². The molecule has 1 aliphatic heterocycles. The largest absolute Gasteiger partial charge is 0.366 e. The summed E-state index contributed by atoms with van der Waals surface area (Å²) in [5.74, 6) is 0.102. The normalized spacial score (nSPS) is 23.1. The molecule has 0 radical (unpaired) electrons. The van der Waals surface area contributed by atoms with Crippen molar-refractivity contribution in [2.75, 3.05) is 26.7 Å². The van der Waals surface area contributed by atoms with Gasteiger partial charge in [0.05, 0.1) is 6.61 Å². The summed E-state index contributed by atoms with van der Waals surface area (Å²) in [6.07, 6.45) is 1.60. The Bertz CT molecular complexity index is 444. The van der Waals surface area contributed by atoms with Crippen LogP contribution in [0.2, 0.25) is 0 Å². The molecule has 4 heteroatoms. The van der Waals surface area contributed by atoms with E-state index in [2.05, 4.69) is 29.6 Å². The van der Waals surface area contributed by atoms with E-state index in [-0.39, 0.29) is 18.1 Å². The molecule has 0 spiro atoms. The molecular weight excluding hydrogens is 240 g/mol. The highest BCUT2D eigenvalue weighted by atomic mass is 16.5. The van der Waals surface area contributed by atoms with Gasteiger partial charge in [0.15, 0.2) is 0 Å². The van der Waals surface area contributed by atoms with Gasteiger partial charge in [0.1, 0.15) is 6.10 Å². The average Bonchev–Trinajstić information content (AvgIpc) is 2.90. The molecule has 1 aromatic carbocycles. The van der Waals surface area contributed by atoms with Crippen molar-refractivity contribution in [3.63, 3.8) is 0 Å². The van der Waals surface area contributed by atoms with Gasteiger partial charge in [0.25, 0.3) is 5.91 Å². The van der Waals surface area contributed by atoms with E-state index in [4.69, 9.17) is 4.74 Å². The van der Waals surface area contributed by atoms with Crippen LogP contribution in [0.25, 0.3) is 0 Å². The van der Waals surface area contributed by atoms with E-state index in [9.17, 15) is 4.79 Å². The molecule has 1 saturated heterocycles. The van der Waals surface area contributed by atoms with Gasteiger partial charge in [-0.25, -0.2) is 0 Å². The predicted octanol–water partition coefficient (Wildman–Crippen LogP) is 0.601. The summed E-state index contributed by atoms with van der Waals surface area (Å²) in [5.41, 5.74) is 2.74. The quantitative estimate of drug-likeness (QED) is 0.846. The molecule has 2 aliphatic rings. The van der Waals surface area contributed by atoms with Gasteiger partial charge in [-0.2, -0.15) is 0 Å². The Morgan fingerprint density at radius 3 is 2.58 bits per heavy atom. The molecular formula is C15H20N2O2. The van der Waals surface area contributed by atoms with Crippen LogP contribution >= 0.6 is 0 Å². The summed E-state index contributed by atoms with van der Waals surface area (Å²) in [6.45, 7) is 2.08. The monoisotopic (exact) mass is 260 g/mol. The van der Waals surface area contributed by atoms with E-state index in [0.29, 0.717) is 13.2 Å². The molecule has 1 N–H and O–H groups in total. The zero-order chi connectivity index (χ0) is 13.2. The van der Waals surface area contributed by atoms with Crippen LogP contribution in [-0.2, 0) is 22.4 Å². The third-order valence-electron chi connectivity index (χ3n) is 4.13. The second kappa shape index (κ2) is 5.31. The van der Waals surface area contributed by atoms with Gasteiger partial charge < -0.3 is 15.0 Å². The number of nitrogens with one attached hydrogen (secondary N) is 1. The van der Waals surface area contributed by atoms with Crippen LogP contribution in [0, 0.1) is 0 Å². The van der Waals surface area contributed by atoms with E-state index in [1.165, 1.54) is 11.1 Å². The number of hydrogen-bond donors (Lipinski definition) is 1. The summed E-state index contributed by atoms with van der Waals surface area (Å²) in [5, 5.41) is 3.21. The van der Waals surface area contributed by atoms with Gasteiger partial charge in [0, 0.05) is 26.2 Å². The lowest BCUT2D eigenvalue weighted by Crippen LogP contribution is -2.51. The van der Waals surface area contributed by atoms with Crippen LogP contribution in [0.5, 0.6) is 0 Å². The van der Waals surface area contributed by atoms with Crippen LogP contribution in [0.15, 0.2) is 24.3 Å². The van der Waals surface area contributed by atoms with E-state index >= 15 is 0 Å². The van der Waals surface area contributed by atoms with Gasteiger partial charge >= 0.3 is 0 Å². The number of benzene rings is 1. The lowest BCUT2D eigenvalue weighted by Gasteiger charge is -2.30. The molecule has 1 fully saturated rings. The first kappa shape index (κ1) is 12.6. The standard InChI is InChI=1S/C15H20N2O2/c1-17(15(18)14-10-16-6-7-19-14)13-8-11-4-2-3-5-12(11)9-13/h2-5,13-14,16H,6-10H2,1H3. The number of nitrogens with zero attached hydrogens (tertiary/aromatic N) is 1. The highest BCUT2D eigenvalue weighted by Crippen LogP contribution is 2.25. The van der Waals surface area contributed by atoms with E-state index in [1.54, 1.807) is 0 Å². The van der Waals surface area contributed by atoms with Crippen molar-refractivity contribution in [1.29, 1.82) is 0 Å². The number of carbonyl (C=O) groups excluding carboxylic acids is 1. The maximum atomic E-state index is 12.4. The van der Waals surface area contributed by atoms with Crippen molar-refractivity contribution in [3.05, 3.63) is 35.4 Å². The highest BCUT2D eigenvalue weighted by Gasteiger charge is 2.32. The third-order valence-corrected chi connectivity index (χ3v) is 4.13. The third kappa shape index (κ3) is 2.51. The number of likely N-dealkylation sites (N-methyl/N-ethyl adjacent to an activating group) is 1. The fraction of sp³-hybridized carbons (Fsp3) is 0.533. The summed E-state index contributed by atoms with van der Waals surface area (Å²) >= 11 is 0. The highest BCUT2D eigenvalue weighted by molar-refractivity contribution is 5.81. The summed E-state index contributed by atoms with van der Waals surface area (Å²) in [7, 11) is 1.90. The number of fused-ring (bicyclic) bond motifs is 1. The molecule has 102 valence electrons. The first-order valence-electron chi connectivity index (χ1n) is 6.91. The van der Waals surface area contributed by atoms with Crippen LogP contribution < -0.4 is 5.32 Å². The Kier molecular flexibility index (Phi) is 3.53. The Morgan fingerprint density at radius 1 is 1.32 bits per heavy atom. The zero-order valence-electron chi connectivity index (χ0n) is 11.3. The van der Waals surface area contributed by atoms with E-state index < -0.39 is 0 Å². The number of rotatable bonds is 2. The average molecular weight is 260 g/mol. The van der Waals surface area contributed by atoms with Crippen molar-refractivity contribution >= 4 is 5.91 Å². The maximum absolute atomic E-state index is 12.4. The Labute approximate surface area is 113 Å².